The largest absolute Gasteiger partial charge is 0.493 e. The van der Waals surface area contributed by atoms with Crippen LogP contribution in [0.15, 0.2) is 42.5 Å². The normalized spacial score (nSPS) is 10.3. The van der Waals surface area contributed by atoms with E-state index < -0.39 is 17.6 Å². The molecule has 0 unspecified atom stereocenters. The smallest absolute Gasteiger partial charge is 0.269 e. The zero-order valence-corrected chi connectivity index (χ0v) is 17.0. The van der Waals surface area contributed by atoms with Crippen molar-refractivity contribution in [2.75, 3.05) is 19.0 Å². The molecule has 0 atom stereocenters. The van der Waals surface area contributed by atoms with Crippen LogP contribution < -0.4 is 25.6 Å². The molecular weight excluding hydrogens is 393 g/mol. The molecule has 160 valence electrons. The van der Waals surface area contributed by atoms with Gasteiger partial charge in [-0.2, -0.15) is 0 Å². The van der Waals surface area contributed by atoms with Crippen LogP contribution in [0.25, 0.3) is 0 Å². The van der Waals surface area contributed by atoms with Crippen LogP contribution in [0.2, 0.25) is 0 Å². The number of nitrogens with one attached hydrogen (secondary N) is 3. The van der Waals surface area contributed by atoms with Crippen LogP contribution in [0.1, 0.15) is 30.6 Å². The van der Waals surface area contributed by atoms with Gasteiger partial charge in [0.25, 0.3) is 11.8 Å². The zero-order valence-electron chi connectivity index (χ0n) is 17.0. The van der Waals surface area contributed by atoms with E-state index in [-0.39, 0.29) is 41.9 Å². The highest BCUT2D eigenvalue weighted by Gasteiger charge is 2.14. The average Bonchev–Trinajstić information content (AvgIpc) is 2.71. The molecule has 0 heterocycles. The third-order valence-corrected chi connectivity index (χ3v) is 3.82. The molecular formula is C21H24FN3O5. The number of hydrazine groups is 1. The molecule has 2 aromatic rings. The SMILES string of the molecule is COc1cc(C(=O)NNC(=O)CC(C)C)ccc1OCC(=O)Nc1ccc(F)cc1. The molecule has 0 aliphatic rings. The second-order valence-electron chi connectivity index (χ2n) is 6.81. The number of benzene rings is 2. The minimum Gasteiger partial charge on any atom is -0.493 e. The average molecular weight is 417 g/mol. The Morgan fingerprint density at radius 2 is 1.67 bits per heavy atom. The van der Waals surface area contributed by atoms with E-state index >= 15 is 0 Å². The van der Waals surface area contributed by atoms with Crippen molar-refractivity contribution in [2.45, 2.75) is 20.3 Å². The topological polar surface area (TPSA) is 106 Å². The Morgan fingerprint density at radius 3 is 2.30 bits per heavy atom. The van der Waals surface area contributed by atoms with Crippen LogP contribution in [0.3, 0.4) is 0 Å². The fourth-order valence-corrected chi connectivity index (χ4v) is 2.42. The van der Waals surface area contributed by atoms with Crippen molar-refractivity contribution in [1.29, 1.82) is 0 Å². The lowest BCUT2D eigenvalue weighted by Gasteiger charge is -2.13. The van der Waals surface area contributed by atoms with Crippen molar-refractivity contribution in [3.8, 4) is 11.5 Å². The number of rotatable bonds is 8. The lowest BCUT2D eigenvalue weighted by Crippen LogP contribution is -2.42. The number of hydrogen-bond acceptors (Lipinski definition) is 5. The summed E-state index contributed by atoms with van der Waals surface area (Å²) in [4.78, 5) is 35.8. The fourth-order valence-electron chi connectivity index (χ4n) is 2.42. The van der Waals surface area contributed by atoms with E-state index in [2.05, 4.69) is 16.2 Å². The molecule has 0 aliphatic carbocycles. The van der Waals surface area contributed by atoms with Crippen LogP contribution in [0, 0.1) is 11.7 Å². The van der Waals surface area contributed by atoms with Gasteiger partial charge in [0, 0.05) is 17.7 Å². The Labute approximate surface area is 173 Å². The zero-order chi connectivity index (χ0) is 22.1. The molecule has 2 rings (SSSR count). The summed E-state index contributed by atoms with van der Waals surface area (Å²) in [6.45, 7) is 3.47. The molecule has 3 amide bonds. The van der Waals surface area contributed by atoms with Crippen molar-refractivity contribution in [1.82, 2.24) is 10.9 Å². The third-order valence-electron chi connectivity index (χ3n) is 3.82. The predicted molar refractivity (Wildman–Crippen MR) is 109 cm³/mol. The number of methoxy groups -OCH3 is 1. The highest BCUT2D eigenvalue weighted by Crippen LogP contribution is 2.28. The highest BCUT2D eigenvalue weighted by molar-refractivity contribution is 5.96. The van der Waals surface area contributed by atoms with Crippen LogP contribution in [0.4, 0.5) is 10.1 Å². The summed E-state index contributed by atoms with van der Waals surface area (Å²) < 4.78 is 23.6. The minimum atomic E-state index is -0.522. The summed E-state index contributed by atoms with van der Waals surface area (Å²) in [7, 11) is 1.40. The van der Waals surface area contributed by atoms with E-state index in [0.717, 1.165) is 0 Å². The van der Waals surface area contributed by atoms with Gasteiger partial charge in [0.05, 0.1) is 7.11 Å². The van der Waals surface area contributed by atoms with E-state index in [1.807, 2.05) is 13.8 Å². The van der Waals surface area contributed by atoms with Gasteiger partial charge in [-0.1, -0.05) is 13.8 Å². The van der Waals surface area contributed by atoms with Gasteiger partial charge in [-0.05, 0) is 48.4 Å². The lowest BCUT2D eigenvalue weighted by molar-refractivity contribution is -0.122. The maximum atomic E-state index is 12.9. The fraction of sp³-hybridized carbons (Fsp3) is 0.286. The number of carbonyl (C=O) groups excluding carboxylic acids is 3. The first kappa shape index (κ1) is 22.7. The number of amides is 3. The van der Waals surface area contributed by atoms with E-state index in [9.17, 15) is 18.8 Å². The van der Waals surface area contributed by atoms with E-state index in [4.69, 9.17) is 9.47 Å². The maximum Gasteiger partial charge on any atom is 0.269 e. The summed E-state index contributed by atoms with van der Waals surface area (Å²) >= 11 is 0. The van der Waals surface area contributed by atoms with Crippen molar-refractivity contribution in [3.05, 3.63) is 53.8 Å². The molecule has 0 bridgehead atoms. The number of ether oxygens (including phenoxy) is 2. The molecule has 3 N–H and O–H groups in total. The highest BCUT2D eigenvalue weighted by atomic mass is 19.1. The van der Waals surface area contributed by atoms with Crippen LogP contribution >= 0.6 is 0 Å². The second-order valence-corrected chi connectivity index (χ2v) is 6.81. The van der Waals surface area contributed by atoms with Crippen molar-refractivity contribution >= 4 is 23.4 Å². The summed E-state index contributed by atoms with van der Waals surface area (Å²) in [5.41, 5.74) is 5.34. The number of carbonyl (C=O) groups is 3. The molecule has 0 aliphatic heterocycles. The van der Waals surface area contributed by atoms with Gasteiger partial charge in [0.1, 0.15) is 5.82 Å². The van der Waals surface area contributed by atoms with Crippen molar-refractivity contribution in [3.63, 3.8) is 0 Å². The van der Waals surface area contributed by atoms with Crippen LogP contribution in [-0.4, -0.2) is 31.4 Å². The molecule has 2 aromatic carbocycles. The Kier molecular flexibility index (Phi) is 8.16. The van der Waals surface area contributed by atoms with E-state index in [0.29, 0.717) is 5.69 Å². The van der Waals surface area contributed by atoms with Gasteiger partial charge in [0.15, 0.2) is 18.1 Å². The number of hydrogen-bond donors (Lipinski definition) is 3. The summed E-state index contributed by atoms with van der Waals surface area (Å²) in [5, 5.41) is 2.57. The first-order valence-corrected chi connectivity index (χ1v) is 9.24. The van der Waals surface area contributed by atoms with E-state index in [1.165, 1.54) is 49.6 Å². The molecule has 8 nitrogen and oxygen atoms in total. The quantitative estimate of drug-likeness (QED) is 0.573. The Bertz CT molecular complexity index is 900. The number of anilines is 1. The van der Waals surface area contributed by atoms with Crippen molar-refractivity contribution < 1.29 is 28.2 Å². The monoisotopic (exact) mass is 417 g/mol. The molecule has 30 heavy (non-hydrogen) atoms. The van der Waals surface area contributed by atoms with Gasteiger partial charge >= 0.3 is 0 Å². The first-order chi connectivity index (χ1) is 14.3. The van der Waals surface area contributed by atoms with Crippen LogP contribution in [-0.2, 0) is 9.59 Å². The standard InChI is InChI=1S/C21H24FN3O5/c1-13(2)10-19(26)24-25-21(28)14-4-9-17(18(11-14)29-3)30-12-20(27)23-16-7-5-15(22)6-8-16/h4-9,11,13H,10,12H2,1-3H3,(H,23,27)(H,24,26)(H,25,28). The van der Waals surface area contributed by atoms with Gasteiger partial charge in [-0.3, -0.25) is 25.2 Å². The molecule has 0 saturated carbocycles. The van der Waals surface area contributed by atoms with E-state index in [1.54, 1.807) is 0 Å². The summed E-state index contributed by atoms with van der Waals surface area (Å²) in [6.07, 6.45) is 0.288. The maximum absolute atomic E-state index is 12.9. The molecule has 0 radical (unpaired) electrons. The molecule has 0 saturated heterocycles. The Balaban J connectivity index is 1.93. The predicted octanol–water partition coefficient (Wildman–Crippen LogP) is 2.66. The first-order valence-electron chi connectivity index (χ1n) is 9.24. The van der Waals surface area contributed by atoms with Gasteiger partial charge in [0.2, 0.25) is 5.91 Å². The van der Waals surface area contributed by atoms with Gasteiger partial charge in [-0.25, -0.2) is 4.39 Å². The molecule has 9 heteroatoms. The van der Waals surface area contributed by atoms with Crippen LogP contribution in [0.5, 0.6) is 11.5 Å². The summed E-state index contributed by atoms with van der Waals surface area (Å²) in [5.74, 6) is -1.00. The van der Waals surface area contributed by atoms with Gasteiger partial charge in [-0.15, -0.1) is 0 Å². The van der Waals surface area contributed by atoms with Crippen molar-refractivity contribution in [2.24, 2.45) is 5.92 Å². The molecule has 0 aromatic heterocycles. The molecule has 0 fully saturated rings. The Hall–Kier alpha value is -3.62. The third kappa shape index (κ3) is 7.08. The van der Waals surface area contributed by atoms with Gasteiger partial charge < -0.3 is 14.8 Å². The summed E-state index contributed by atoms with van der Waals surface area (Å²) in [6, 6.07) is 9.71. The molecule has 0 spiro atoms. The second kappa shape index (κ2) is 10.8. The minimum absolute atomic E-state index is 0.165. The Morgan fingerprint density at radius 1 is 0.967 bits per heavy atom. The lowest BCUT2D eigenvalue weighted by atomic mass is 10.1. The number of halogens is 1.